The van der Waals surface area contributed by atoms with E-state index in [1.54, 1.807) is 58.0 Å². The van der Waals surface area contributed by atoms with Crippen molar-refractivity contribution < 1.29 is 33.6 Å². The number of hydrogen-bond donors (Lipinski definition) is 2. The molecular weight excluding hydrogens is 458 g/mol. The highest BCUT2D eigenvalue weighted by molar-refractivity contribution is 6.03. The standard InChI is InChI=1S/C24H29N3O8/c1-23(2)31-12-14-17(33-23)19-18(34-24(3,4)35-19)16(28)21(32-14)27-11-10-15(26-22(27)30)25-20(29)13-8-6-5-7-9-13/h5-11,14,16-19,21,28H,12H2,1-4H3,(H,25,26,29,30)/t14?,16?,17-,18-,19?,21?/m0/s1. The molecule has 0 bridgehead atoms. The van der Waals surface area contributed by atoms with Gasteiger partial charge in [0.25, 0.3) is 5.91 Å². The SMILES string of the molecule is CC1(C)OCC2OC(n3ccc(NC(=O)c4ccccc4)nc3=O)C(O)[C@@H]3OC(C)(C)OC3[C@H]2O1. The van der Waals surface area contributed by atoms with Gasteiger partial charge in [-0.25, -0.2) is 4.79 Å². The predicted molar refractivity (Wildman–Crippen MR) is 122 cm³/mol. The highest BCUT2D eigenvalue weighted by atomic mass is 16.8. The number of aliphatic hydroxyl groups is 1. The lowest BCUT2D eigenvalue weighted by molar-refractivity contribution is -0.332. The molecule has 3 aliphatic heterocycles. The normalized spacial score (nSPS) is 33.3. The van der Waals surface area contributed by atoms with Crippen molar-refractivity contribution in [2.75, 3.05) is 11.9 Å². The average Bonchev–Trinajstić information content (AvgIpc) is 3.09. The van der Waals surface area contributed by atoms with Crippen LogP contribution in [0, 0.1) is 0 Å². The van der Waals surface area contributed by atoms with Crippen LogP contribution in [0.4, 0.5) is 5.82 Å². The van der Waals surface area contributed by atoms with Crippen molar-refractivity contribution in [1.29, 1.82) is 0 Å². The van der Waals surface area contributed by atoms with E-state index in [4.69, 9.17) is 23.7 Å². The minimum absolute atomic E-state index is 0.0756. The Morgan fingerprint density at radius 3 is 2.43 bits per heavy atom. The summed E-state index contributed by atoms with van der Waals surface area (Å²) in [7, 11) is 0. The summed E-state index contributed by atoms with van der Waals surface area (Å²) in [5.41, 5.74) is -0.287. The maximum absolute atomic E-state index is 13.0. The third-order valence-corrected chi connectivity index (χ3v) is 6.19. The van der Waals surface area contributed by atoms with Crippen molar-refractivity contribution >= 4 is 11.7 Å². The highest BCUT2D eigenvalue weighted by Gasteiger charge is 2.58. The number of aromatic nitrogens is 2. The second kappa shape index (κ2) is 8.77. The molecule has 3 saturated heterocycles. The second-order valence-corrected chi connectivity index (χ2v) is 9.74. The minimum atomic E-state index is -1.27. The Hall–Kier alpha value is -2.67. The highest BCUT2D eigenvalue weighted by Crippen LogP contribution is 2.42. The number of amides is 1. The second-order valence-electron chi connectivity index (χ2n) is 9.74. The number of carbonyl (C=O) groups excluding carboxylic acids is 1. The topological polar surface area (TPSA) is 130 Å². The summed E-state index contributed by atoms with van der Waals surface area (Å²) < 4.78 is 31.3. The molecule has 3 aliphatic rings. The van der Waals surface area contributed by atoms with Gasteiger partial charge in [-0.2, -0.15) is 4.98 Å². The molecule has 0 saturated carbocycles. The third-order valence-electron chi connectivity index (χ3n) is 6.19. The molecule has 4 unspecified atom stereocenters. The van der Waals surface area contributed by atoms with Gasteiger partial charge in [-0.05, 0) is 45.9 Å². The van der Waals surface area contributed by atoms with Crippen LogP contribution in [0.3, 0.4) is 0 Å². The summed E-state index contributed by atoms with van der Waals surface area (Å²) in [5.74, 6) is -2.17. The zero-order chi connectivity index (χ0) is 25.0. The van der Waals surface area contributed by atoms with Gasteiger partial charge in [0.2, 0.25) is 0 Å². The summed E-state index contributed by atoms with van der Waals surface area (Å²) >= 11 is 0. The molecule has 6 atom stereocenters. The fourth-order valence-electron chi connectivity index (χ4n) is 4.65. The summed E-state index contributed by atoms with van der Waals surface area (Å²) in [4.78, 5) is 29.4. The van der Waals surface area contributed by atoms with Crippen molar-refractivity contribution in [2.24, 2.45) is 0 Å². The smallest absolute Gasteiger partial charge is 0.351 e. The number of fused-ring (bicyclic) bond motifs is 3. The largest absolute Gasteiger partial charge is 0.386 e. The Morgan fingerprint density at radius 1 is 1.03 bits per heavy atom. The molecule has 11 nitrogen and oxygen atoms in total. The van der Waals surface area contributed by atoms with Gasteiger partial charge in [0.1, 0.15) is 36.3 Å². The number of ether oxygens (including phenoxy) is 5. The van der Waals surface area contributed by atoms with E-state index in [-0.39, 0.29) is 12.4 Å². The van der Waals surface area contributed by atoms with Gasteiger partial charge < -0.3 is 34.1 Å². The minimum Gasteiger partial charge on any atom is -0.386 e. The fraction of sp³-hybridized carbons (Fsp3) is 0.542. The molecule has 0 aliphatic carbocycles. The van der Waals surface area contributed by atoms with Crippen LogP contribution in [0.2, 0.25) is 0 Å². The third kappa shape index (κ3) is 4.75. The van der Waals surface area contributed by atoms with Crippen LogP contribution in [-0.4, -0.2) is 69.3 Å². The zero-order valence-corrected chi connectivity index (χ0v) is 19.9. The molecule has 0 radical (unpaired) electrons. The molecule has 11 heteroatoms. The van der Waals surface area contributed by atoms with Crippen molar-refractivity contribution in [3.05, 3.63) is 58.6 Å². The Bertz CT molecular complexity index is 1150. The number of nitrogens with zero attached hydrogens (tertiary/aromatic N) is 2. The van der Waals surface area contributed by atoms with Crippen LogP contribution < -0.4 is 11.0 Å². The van der Waals surface area contributed by atoms with E-state index in [0.29, 0.717) is 5.56 Å². The Balaban J connectivity index is 1.43. The molecule has 3 fully saturated rings. The zero-order valence-electron chi connectivity index (χ0n) is 19.9. The van der Waals surface area contributed by atoms with Gasteiger partial charge in [0.05, 0.1) is 6.61 Å². The number of anilines is 1. The van der Waals surface area contributed by atoms with Crippen molar-refractivity contribution in [3.63, 3.8) is 0 Å². The Labute approximate surface area is 201 Å². The van der Waals surface area contributed by atoms with Gasteiger partial charge in [-0.3, -0.25) is 9.36 Å². The van der Waals surface area contributed by atoms with Crippen LogP contribution in [0.25, 0.3) is 0 Å². The molecule has 1 amide bonds. The molecule has 2 aromatic rings. The van der Waals surface area contributed by atoms with E-state index in [1.165, 1.54) is 12.3 Å². The molecule has 1 aromatic carbocycles. The molecule has 35 heavy (non-hydrogen) atoms. The van der Waals surface area contributed by atoms with E-state index in [2.05, 4.69) is 10.3 Å². The van der Waals surface area contributed by atoms with Gasteiger partial charge in [-0.1, -0.05) is 18.2 Å². The molecule has 1 aromatic heterocycles. The van der Waals surface area contributed by atoms with Crippen molar-refractivity contribution in [2.45, 2.75) is 76.0 Å². The molecule has 0 spiro atoms. The van der Waals surface area contributed by atoms with E-state index < -0.39 is 59.9 Å². The Morgan fingerprint density at radius 2 is 1.71 bits per heavy atom. The first-order valence-corrected chi connectivity index (χ1v) is 11.5. The molecule has 4 heterocycles. The Kier molecular flexibility index (Phi) is 6.02. The summed E-state index contributed by atoms with van der Waals surface area (Å²) in [6, 6.07) is 10.0. The maximum Gasteiger partial charge on any atom is 0.351 e. The van der Waals surface area contributed by atoms with Crippen molar-refractivity contribution in [1.82, 2.24) is 9.55 Å². The molecule has 188 valence electrons. The molecule has 2 N–H and O–H groups in total. The summed E-state index contributed by atoms with van der Waals surface area (Å²) in [6.45, 7) is 7.24. The van der Waals surface area contributed by atoms with Crippen LogP contribution in [-0.2, 0) is 23.7 Å². The van der Waals surface area contributed by atoms with Crippen molar-refractivity contribution in [3.8, 4) is 0 Å². The number of nitrogens with one attached hydrogen (secondary N) is 1. The number of benzene rings is 1. The lowest BCUT2D eigenvalue weighted by Gasteiger charge is -2.42. The monoisotopic (exact) mass is 487 g/mol. The quantitative estimate of drug-likeness (QED) is 0.660. The first-order valence-electron chi connectivity index (χ1n) is 11.5. The lowest BCUT2D eigenvalue weighted by atomic mass is 9.99. The van der Waals surface area contributed by atoms with Gasteiger partial charge in [-0.15, -0.1) is 0 Å². The van der Waals surface area contributed by atoms with Crippen LogP contribution >= 0.6 is 0 Å². The average molecular weight is 488 g/mol. The van der Waals surface area contributed by atoms with E-state index >= 15 is 0 Å². The van der Waals surface area contributed by atoms with E-state index in [9.17, 15) is 14.7 Å². The van der Waals surface area contributed by atoms with Gasteiger partial charge in [0, 0.05) is 11.8 Å². The fourth-order valence-corrected chi connectivity index (χ4v) is 4.65. The first-order chi connectivity index (χ1) is 16.5. The number of aliphatic hydroxyl groups excluding tert-OH is 1. The first kappa shape index (κ1) is 24.0. The van der Waals surface area contributed by atoms with Crippen LogP contribution in [0.5, 0.6) is 0 Å². The van der Waals surface area contributed by atoms with Crippen LogP contribution in [0.1, 0.15) is 44.3 Å². The summed E-state index contributed by atoms with van der Waals surface area (Å²) in [5, 5.41) is 13.9. The number of carbonyl (C=O) groups is 1. The molecular formula is C24H29N3O8. The van der Waals surface area contributed by atoms with Gasteiger partial charge in [0.15, 0.2) is 17.8 Å². The lowest BCUT2D eigenvalue weighted by Crippen LogP contribution is -2.55. The van der Waals surface area contributed by atoms with Crippen LogP contribution in [0.15, 0.2) is 47.4 Å². The predicted octanol–water partition coefficient (Wildman–Crippen LogP) is 1.43. The summed E-state index contributed by atoms with van der Waals surface area (Å²) in [6.07, 6.45) is -3.73. The van der Waals surface area contributed by atoms with E-state index in [0.717, 1.165) is 4.57 Å². The maximum atomic E-state index is 13.0. The number of rotatable bonds is 3. The molecule has 5 rings (SSSR count). The number of hydrogen-bond acceptors (Lipinski definition) is 9. The van der Waals surface area contributed by atoms with E-state index in [1.807, 2.05) is 0 Å². The van der Waals surface area contributed by atoms with Gasteiger partial charge >= 0.3 is 5.69 Å².